The van der Waals surface area contributed by atoms with Gasteiger partial charge in [0, 0.05) is 38.2 Å². The number of fused-ring (bicyclic) bond motifs is 1. The predicted octanol–water partition coefficient (Wildman–Crippen LogP) is 0.467. The number of amides is 1. The normalized spacial score (nSPS) is 28.8. The Morgan fingerprint density at radius 2 is 2.32 bits per heavy atom. The van der Waals surface area contributed by atoms with E-state index in [4.69, 9.17) is 9.26 Å². The molecular weight excluding hydrogens is 246 g/mol. The number of aromatic nitrogens is 1. The summed E-state index contributed by atoms with van der Waals surface area (Å²) in [7, 11) is 2.12. The molecule has 6 heteroatoms. The topological polar surface area (TPSA) is 58.8 Å². The van der Waals surface area contributed by atoms with E-state index >= 15 is 0 Å². The van der Waals surface area contributed by atoms with Crippen LogP contribution in [0.1, 0.15) is 17.0 Å². The summed E-state index contributed by atoms with van der Waals surface area (Å²) >= 11 is 0. The van der Waals surface area contributed by atoms with E-state index in [2.05, 4.69) is 17.1 Å². The van der Waals surface area contributed by atoms with Gasteiger partial charge in [-0.1, -0.05) is 5.16 Å². The van der Waals surface area contributed by atoms with Crippen molar-refractivity contribution in [1.29, 1.82) is 0 Å². The van der Waals surface area contributed by atoms with Gasteiger partial charge in [-0.3, -0.25) is 4.79 Å². The zero-order valence-electron chi connectivity index (χ0n) is 11.1. The molecule has 0 bridgehead atoms. The highest BCUT2D eigenvalue weighted by Gasteiger charge is 2.35. The van der Waals surface area contributed by atoms with Crippen molar-refractivity contribution < 1.29 is 14.1 Å². The van der Waals surface area contributed by atoms with Crippen LogP contribution in [0.2, 0.25) is 0 Å². The summed E-state index contributed by atoms with van der Waals surface area (Å²) in [6, 6.07) is 1.61. The summed E-state index contributed by atoms with van der Waals surface area (Å²) < 4.78 is 10.8. The first-order chi connectivity index (χ1) is 9.24. The van der Waals surface area contributed by atoms with Gasteiger partial charge in [0.05, 0.1) is 18.9 Å². The molecule has 104 valence electrons. The lowest BCUT2D eigenvalue weighted by Crippen LogP contribution is -2.48. The van der Waals surface area contributed by atoms with E-state index in [-0.39, 0.29) is 12.0 Å². The number of hydrogen-bond donors (Lipinski definition) is 0. The third-order valence-corrected chi connectivity index (χ3v) is 3.98. The Morgan fingerprint density at radius 1 is 1.42 bits per heavy atom. The van der Waals surface area contributed by atoms with Gasteiger partial charge < -0.3 is 19.1 Å². The molecule has 1 aromatic rings. The lowest BCUT2D eigenvalue weighted by Gasteiger charge is -2.37. The minimum absolute atomic E-state index is 0.0860. The highest BCUT2D eigenvalue weighted by Crippen LogP contribution is 2.24. The molecule has 0 radical (unpaired) electrons. The molecule has 3 rings (SSSR count). The molecule has 0 saturated carbocycles. The Bertz CT molecular complexity index is 434. The van der Waals surface area contributed by atoms with Gasteiger partial charge in [0.2, 0.25) is 5.76 Å². The van der Waals surface area contributed by atoms with E-state index < -0.39 is 0 Å². The third kappa shape index (κ3) is 2.64. The molecule has 0 aliphatic carbocycles. The Balaban J connectivity index is 1.67. The summed E-state index contributed by atoms with van der Waals surface area (Å²) in [6.07, 6.45) is 2.62. The van der Waals surface area contributed by atoms with E-state index in [1.54, 1.807) is 6.07 Å². The summed E-state index contributed by atoms with van der Waals surface area (Å²) in [5, 5.41) is 3.58. The molecule has 6 nitrogen and oxygen atoms in total. The first-order valence-electron chi connectivity index (χ1n) is 6.74. The molecule has 2 aliphatic rings. The van der Waals surface area contributed by atoms with Crippen molar-refractivity contribution in [2.45, 2.75) is 12.5 Å². The smallest absolute Gasteiger partial charge is 0.292 e. The number of rotatable bonds is 1. The maximum absolute atomic E-state index is 12.2. The Morgan fingerprint density at radius 3 is 3.11 bits per heavy atom. The number of ether oxygens (including phenoxy) is 1. The average molecular weight is 265 g/mol. The summed E-state index contributed by atoms with van der Waals surface area (Å²) in [4.78, 5) is 16.3. The van der Waals surface area contributed by atoms with Gasteiger partial charge in [0.15, 0.2) is 0 Å². The van der Waals surface area contributed by atoms with Crippen LogP contribution in [-0.4, -0.2) is 66.8 Å². The monoisotopic (exact) mass is 265 g/mol. The van der Waals surface area contributed by atoms with Crippen LogP contribution in [0.4, 0.5) is 0 Å². The van der Waals surface area contributed by atoms with Crippen LogP contribution >= 0.6 is 0 Å². The van der Waals surface area contributed by atoms with Gasteiger partial charge in [-0.2, -0.15) is 0 Å². The summed E-state index contributed by atoms with van der Waals surface area (Å²) in [6.45, 7) is 4.16. The maximum atomic E-state index is 12.2. The van der Waals surface area contributed by atoms with Gasteiger partial charge in [-0.15, -0.1) is 0 Å². The maximum Gasteiger partial charge on any atom is 0.292 e. The molecule has 2 unspecified atom stereocenters. The lowest BCUT2D eigenvalue weighted by molar-refractivity contribution is -0.0180. The fraction of sp³-hybridized carbons (Fsp3) is 0.692. The molecule has 2 fully saturated rings. The van der Waals surface area contributed by atoms with E-state index in [1.807, 2.05) is 4.90 Å². The molecule has 3 heterocycles. The highest BCUT2D eigenvalue weighted by molar-refractivity contribution is 5.91. The summed E-state index contributed by atoms with van der Waals surface area (Å²) in [5.41, 5.74) is 0. The van der Waals surface area contributed by atoms with Crippen molar-refractivity contribution >= 4 is 5.91 Å². The summed E-state index contributed by atoms with van der Waals surface area (Å²) in [5.74, 6) is 0.743. The van der Waals surface area contributed by atoms with Crippen LogP contribution in [0.25, 0.3) is 0 Å². The Labute approximate surface area is 112 Å². The molecule has 1 amide bonds. The molecule has 0 aromatic carbocycles. The molecular formula is C13H19N3O3. The standard InChI is InChI=1S/C13H19N3O3/c1-15-6-7-18-12-9-16(5-3-10(12)8-15)13(17)11-2-4-14-19-11/h2,4,10,12H,3,5-9H2,1H3. The Hall–Kier alpha value is -1.40. The zero-order chi connectivity index (χ0) is 13.2. The number of likely N-dealkylation sites (N-methyl/N-ethyl adjacent to an activating group) is 1. The molecule has 0 N–H and O–H groups in total. The van der Waals surface area contributed by atoms with Gasteiger partial charge in [-0.25, -0.2) is 0 Å². The SMILES string of the molecule is CN1CCOC2CN(C(=O)c3ccno3)CCC2C1. The quantitative estimate of drug-likeness (QED) is 0.738. The van der Waals surface area contributed by atoms with E-state index in [0.717, 1.165) is 32.7 Å². The van der Waals surface area contributed by atoms with Gasteiger partial charge in [-0.05, 0) is 13.5 Å². The third-order valence-electron chi connectivity index (χ3n) is 3.98. The number of likely N-dealkylation sites (tertiary alicyclic amines) is 1. The average Bonchev–Trinajstić information content (AvgIpc) is 2.87. The first kappa shape index (κ1) is 12.6. The van der Waals surface area contributed by atoms with Crippen LogP contribution in [-0.2, 0) is 4.74 Å². The van der Waals surface area contributed by atoms with E-state index in [9.17, 15) is 4.79 Å². The van der Waals surface area contributed by atoms with Crippen molar-refractivity contribution in [3.8, 4) is 0 Å². The van der Waals surface area contributed by atoms with Crippen LogP contribution in [0.5, 0.6) is 0 Å². The first-order valence-corrected chi connectivity index (χ1v) is 6.74. The number of carbonyl (C=O) groups is 1. The molecule has 2 aliphatic heterocycles. The van der Waals surface area contributed by atoms with Crippen LogP contribution in [0.3, 0.4) is 0 Å². The minimum atomic E-state index is -0.0860. The Kier molecular flexibility index (Phi) is 3.52. The van der Waals surface area contributed by atoms with Crippen molar-refractivity contribution in [3.63, 3.8) is 0 Å². The molecule has 1 aromatic heterocycles. The van der Waals surface area contributed by atoms with Gasteiger partial charge >= 0.3 is 0 Å². The van der Waals surface area contributed by atoms with Crippen LogP contribution < -0.4 is 0 Å². The fourth-order valence-corrected chi connectivity index (χ4v) is 2.88. The predicted molar refractivity (Wildman–Crippen MR) is 67.8 cm³/mol. The molecule has 2 atom stereocenters. The molecule has 0 spiro atoms. The van der Waals surface area contributed by atoms with Crippen LogP contribution in [0, 0.1) is 5.92 Å². The molecule has 19 heavy (non-hydrogen) atoms. The minimum Gasteiger partial charge on any atom is -0.375 e. The van der Waals surface area contributed by atoms with E-state index in [1.165, 1.54) is 6.20 Å². The lowest BCUT2D eigenvalue weighted by atomic mass is 9.93. The number of hydrogen-bond acceptors (Lipinski definition) is 5. The molecule has 2 saturated heterocycles. The number of piperidine rings is 1. The van der Waals surface area contributed by atoms with Crippen molar-refractivity contribution in [2.24, 2.45) is 5.92 Å². The van der Waals surface area contributed by atoms with Gasteiger partial charge in [0.25, 0.3) is 5.91 Å². The van der Waals surface area contributed by atoms with Gasteiger partial charge in [0.1, 0.15) is 0 Å². The second-order valence-corrected chi connectivity index (χ2v) is 5.35. The van der Waals surface area contributed by atoms with Crippen LogP contribution in [0.15, 0.2) is 16.8 Å². The van der Waals surface area contributed by atoms with Crippen molar-refractivity contribution in [3.05, 3.63) is 18.0 Å². The highest BCUT2D eigenvalue weighted by atomic mass is 16.5. The van der Waals surface area contributed by atoms with Crippen molar-refractivity contribution in [2.75, 3.05) is 39.8 Å². The van der Waals surface area contributed by atoms with E-state index in [0.29, 0.717) is 18.2 Å². The second-order valence-electron chi connectivity index (χ2n) is 5.35. The van der Waals surface area contributed by atoms with Crippen molar-refractivity contribution in [1.82, 2.24) is 15.0 Å². The zero-order valence-corrected chi connectivity index (χ0v) is 11.1. The second kappa shape index (κ2) is 5.30. The fourth-order valence-electron chi connectivity index (χ4n) is 2.88. The largest absolute Gasteiger partial charge is 0.375 e. The number of nitrogens with zero attached hydrogens (tertiary/aromatic N) is 3. The number of carbonyl (C=O) groups excluding carboxylic acids is 1.